The number of carbonyl (C=O) groups excluding carboxylic acids is 1. The number of Topliss-reactive ketones (excluding diaryl/α,β-unsaturated/α-hetero) is 1. The molecule has 0 spiro atoms. The molecule has 0 saturated carbocycles. The van der Waals surface area contributed by atoms with Gasteiger partial charge in [0, 0.05) is 23.4 Å². The van der Waals surface area contributed by atoms with Crippen molar-refractivity contribution in [2.75, 3.05) is 0 Å². The van der Waals surface area contributed by atoms with Crippen LogP contribution in [0.2, 0.25) is 5.02 Å². The van der Waals surface area contributed by atoms with Crippen LogP contribution in [0, 0.1) is 17.1 Å². The monoisotopic (exact) mass is 211 g/mol. The Kier molecular flexibility index (Phi) is 3.61. The van der Waals surface area contributed by atoms with Crippen LogP contribution in [0.5, 0.6) is 0 Å². The van der Waals surface area contributed by atoms with E-state index in [0.29, 0.717) is 0 Å². The van der Waals surface area contributed by atoms with Gasteiger partial charge in [0.2, 0.25) is 0 Å². The van der Waals surface area contributed by atoms with Crippen LogP contribution in [0.15, 0.2) is 18.2 Å². The summed E-state index contributed by atoms with van der Waals surface area (Å²) >= 11 is 5.57. The minimum absolute atomic E-state index is 0.0935. The molecule has 0 fully saturated rings. The Labute approximate surface area is 85.9 Å². The summed E-state index contributed by atoms with van der Waals surface area (Å²) in [5, 5.41) is 8.45. The summed E-state index contributed by atoms with van der Waals surface area (Å²) in [6.45, 7) is 0. The molecule has 0 saturated heterocycles. The van der Waals surface area contributed by atoms with Crippen LogP contribution in [0.25, 0.3) is 0 Å². The summed E-state index contributed by atoms with van der Waals surface area (Å²) in [4.78, 5) is 11.3. The number of carbonyl (C=O) groups is 1. The van der Waals surface area contributed by atoms with Gasteiger partial charge < -0.3 is 0 Å². The Morgan fingerprint density at radius 1 is 1.50 bits per heavy atom. The SMILES string of the molecule is N#CCCC(=O)c1cc(F)cc(Cl)c1. The quantitative estimate of drug-likeness (QED) is 0.722. The van der Waals surface area contributed by atoms with Crippen LogP contribution in [-0.2, 0) is 0 Å². The highest BCUT2D eigenvalue weighted by atomic mass is 35.5. The van der Waals surface area contributed by atoms with Gasteiger partial charge >= 0.3 is 0 Å². The highest BCUT2D eigenvalue weighted by molar-refractivity contribution is 6.31. The van der Waals surface area contributed by atoms with E-state index in [9.17, 15) is 9.18 Å². The maximum Gasteiger partial charge on any atom is 0.164 e. The van der Waals surface area contributed by atoms with E-state index in [1.54, 1.807) is 0 Å². The van der Waals surface area contributed by atoms with Crippen molar-refractivity contribution < 1.29 is 9.18 Å². The lowest BCUT2D eigenvalue weighted by molar-refractivity contribution is 0.0983. The van der Waals surface area contributed by atoms with Crippen LogP contribution in [-0.4, -0.2) is 5.78 Å². The largest absolute Gasteiger partial charge is 0.294 e. The van der Waals surface area contributed by atoms with Crippen molar-refractivity contribution in [2.24, 2.45) is 0 Å². The molecule has 2 nitrogen and oxygen atoms in total. The molecule has 0 radical (unpaired) electrons. The van der Waals surface area contributed by atoms with Gasteiger partial charge in [-0.25, -0.2) is 4.39 Å². The Morgan fingerprint density at radius 3 is 2.79 bits per heavy atom. The van der Waals surface area contributed by atoms with E-state index in [-0.39, 0.29) is 29.2 Å². The number of nitriles is 1. The molecule has 0 heterocycles. The first-order valence-electron chi connectivity index (χ1n) is 3.99. The minimum atomic E-state index is -0.544. The maximum absolute atomic E-state index is 12.8. The molecule has 0 N–H and O–H groups in total. The first kappa shape index (κ1) is 10.7. The maximum atomic E-state index is 12.8. The summed E-state index contributed by atoms with van der Waals surface area (Å²) in [5.41, 5.74) is 0.213. The van der Waals surface area contributed by atoms with Gasteiger partial charge in [-0.05, 0) is 18.2 Å². The van der Waals surface area contributed by atoms with Gasteiger partial charge in [-0.3, -0.25) is 4.79 Å². The van der Waals surface area contributed by atoms with E-state index in [4.69, 9.17) is 16.9 Å². The van der Waals surface area contributed by atoms with Gasteiger partial charge in [0.25, 0.3) is 0 Å². The van der Waals surface area contributed by atoms with Crippen molar-refractivity contribution in [2.45, 2.75) is 12.8 Å². The van der Waals surface area contributed by atoms with Gasteiger partial charge in [-0.2, -0.15) is 5.26 Å². The molecular formula is C10H7ClFNO. The first-order chi connectivity index (χ1) is 6.63. The molecule has 0 aromatic heterocycles. The Bertz CT molecular complexity index is 377. The third-order valence-corrected chi connectivity index (χ3v) is 1.87. The van der Waals surface area contributed by atoms with Gasteiger partial charge in [-0.1, -0.05) is 11.6 Å². The molecule has 0 unspecified atom stereocenters. The molecule has 1 rings (SSSR count). The number of nitrogens with zero attached hydrogens (tertiary/aromatic N) is 1. The molecule has 0 amide bonds. The second-order valence-electron chi connectivity index (χ2n) is 2.74. The van der Waals surface area contributed by atoms with E-state index < -0.39 is 5.82 Å². The van der Waals surface area contributed by atoms with Gasteiger partial charge in [-0.15, -0.1) is 0 Å². The summed E-state index contributed by atoms with van der Waals surface area (Å²) in [6, 6.07) is 5.49. The molecule has 0 bridgehead atoms. The fourth-order valence-corrected chi connectivity index (χ4v) is 1.25. The van der Waals surface area contributed by atoms with Crippen molar-refractivity contribution >= 4 is 17.4 Å². The first-order valence-corrected chi connectivity index (χ1v) is 4.37. The fourth-order valence-electron chi connectivity index (χ4n) is 1.03. The van der Waals surface area contributed by atoms with Crippen LogP contribution < -0.4 is 0 Å². The van der Waals surface area contributed by atoms with E-state index >= 15 is 0 Å². The van der Waals surface area contributed by atoms with Crippen LogP contribution in [0.4, 0.5) is 4.39 Å². The molecule has 1 aromatic rings. The Morgan fingerprint density at radius 2 is 2.21 bits per heavy atom. The van der Waals surface area contributed by atoms with Gasteiger partial charge in [0.05, 0.1) is 6.07 Å². The average molecular weight is 212 g/mol. The zero-order valence-electron chi connectivity index (χ0n) is 7.26. The van der Waals surface area contributed by atoms with Crippen molar-refractivity contribution in [3.05, 3.63) is 34.6 Å². The van der Waals surface area contributed by atoms with Crippen LogP contribution in [0.3, 0.4) is 0 Å². The third kappa shape index (κ3) is 2.82. The summed E-state index contributed by atoms with van der Waals surface area (Å²) in [7, 11) is 0. The molecule has 1 aromatic carbocycles. The van der Waals surface area contributed by atoms with Crippen molar-refractivity contribution in [1.82, 2.24) is 0 Å². The normalized spacial score (nSPS) is 9.50. The standard InChI is InChI=1S/C10H7ClFNO/c11-8-4-7(5-9(12)6-8)10(14)2-1-3-13/h4-6H,1-2H2. The van der Waals surface area contributed by atoms with Crippen LogP contribution in [0.1, 0.15) is 23.2 Å². The lowest BCUT2D eigenvalue weighted by Gasteiger charge is -1.99. The van der Waals surface area contributed by atoms with Gasteiger partial charge in [0.15, 0.2) is 5.78 Å². The smallest absolute Gasteiger partial charge is 0.164 e. The Hall–Kier alpha value is -1.40. The second kappa shape index (κ2) is 4.73. The highest BCUT2D eigenvalue weighted by Gasteiger charge is 2.07. The average Bonchev–Trinajstić information content (AvgIpc) is 2.12. The van der Waals surface area contributed by atoms with E-state index in [2.05, 4.69) is 0 Å². The third-order valence-electron chi connectivity index (χ3n) is 1.65. The lowest BCUT2D eigenvalue weighted by atomic mass is 10.1. The van der Waals surface area contributed by atoms with E-state index in [0.717, 1.165) is 12.1 Å². The molecule has 14 heavy (non-hydrogen) atoms. The molecular weight excluding hydrogens is 205 g/mol. The molecule has 4 heteroatoms. The fraction of sp³-hybridized carbons (Fsp3) is 0.200. The predicted molar refractivity (Wildman–Crippen MR) is 50.6 cm³/mol. The summed E-state index contributed by atoms with van der Waals surface area (Å²) in [5.74, 6) is -0.814. The molecule has 0 aliphatic carbocycles. The van der Waals surface area contributed by atoms with Crippen molar-refractivity contribution in [3.63, 3.8) is 0 Å². The Balaban J connectivity index is 2.85. The second-order valence-corrected chi connectivity index (χ2v) is 3.18. The number of rotatable bonds is 3. The number of hydrogen-bond donors (Lipinski definition) is 0. The minimum Gasteiger partial charge on any atom is -0.294 e. The number of ketones is 1. The molecule has 0 aliphatic rings. The summed E-state index contributed by atoms with van der Waals surface area (Å²) < 4.78 is 12.8. The van der Waals surface area contributed by atoms with Crippen molar-refractivity contribution in [1.29, 1.82) is 5.26 Å². The number of benzene rings is 1. The number of hydrogen-bond acceptors (Lipinski definition) is 2. The molecule has 72 valence electrons. The highest BCUT2D eigenvalue weighted by Crippen LogP contribution is 2.15. The summed E-state index contributed by atoms with van der Waals surface area (Å²) in [6.07, 6.45) is 0.225. The topological polar surface area (TPSA) is 40.9 Å². The predicted octanol–water partition coefficient (Wildman–Crippen LogP) is 2.97. The molecule has 0 aliphatic heterocycles. The zero-order chi connectivity index (χ0) is 10.6. The molecule has 0 atom stereocenters. The van der Waals surface area contributed by atoms with Gasteiger partial charge in [0.1, 0.15) is 5.82 Å². The van der Waals surface area contributed by atoms with Crippen LogP contribution >= 0.6 is 11.6 Å². The lowest BCUT2D eigenvalue weighted by Crippen LogP contribution is -1.98. The van der Waals surface area contributed by atoms with E-state index in [1.807, 2.05) is 6.07 Å². The van der Waals surface area contributed by atoms with E-state index in [1.165, 1.54) is 6.07 Å². The zero-order valence-corrected chi connectivity index (χ0v) is 8.01. The van der Waals surface area contributed by atoms with Crippen molar-refractivity contribution in [3.8, 4) is 6.07 Å². The number of halogens is 2.